The topological polar surface area (TPSA) is 64.3 Å². The van der Waals surface area contributed by atoms with Crippen molar-refractivity contribution >= 4 is 6.47 Å². The van der Waals surface area contributed by atoms with Crippen molar-refractivity contribution in [2.45, 2.75) is 45.8 Å². The van der Waals surface area contributed by atoms with Crippen molar-refractivity contribution in [1.82, 2.24) is 5.32 Å². The van der Waals surface area contributed by atoms with E-state index in [1.165, 1.54) is 0 Å². The van der Waals surface area contributed by atoms with Crippen LogP contribution in [0.3, 0.4) is 0 Å². The summed E-state index contributed by atoms with van der Waals surface area (Å²) in [5.74, 6) is 0. The quantitative estimate of drug-likeness (QED) is 0.668. The molecule has 14 heavy (non-hydrogen) atoms. The van der Waals surface area contributed by atoms with Gasteiger partial charge in [0.15, 0.2) is 0 Å². The SMILES string of the molecule is CC(C)(C)OC=O.CCC(CN)NC. The first-order chi connectivity index (χ1) is 6.41. The fourth-order valence-corrected chi connectivity index (χ4v) is 0.633. The molecule has 4 nitrogen and oxygen atoms in total. The molecule has 0 saturated heterocycles. The normalized spacial score (nSPS) is 12.4. The van der Waals surface area contributed by atoms with Crippen LogP contribution in [0.1, 0.15) is 34.1 Å². The van der Waals surface area contributed by atoms with Crippen LogP contribution in [0, 0.1) is 0 Å². The van der Waals surface area contributed by atoms with Gasteiger partial charge in [-0.2, -0.15) is 0 Å². The molecule has 0 bridgehead atoms. The van der Waals surface area contributed by atoms with Crippen LogP contribution < -0.4 is 11.1 Å². The van der Waals surface area contributed by atoms with Gasteiger partial charge < -0.3 is 15.8 Å². The molecule has 0 heterocycles. The molecule has 0 aliphatic carbocycles. The van der Waals surface area contributed by atoms with Gasteiger partial charge in [-0.15, -0.1) is 0 Å². The van der Waals surface area contributed by atoms with Crippen LogP contribution in [0.4, 0.5) is 0 Å². The van der Waals surface area contributed by atoms with Gasteiger partial charge >= 0.3 is 0 Å². The molecule has 0 saturated carbocycles. The van der Waals surface area contributed by atoms with Gasteiger partial charge in [0.1, 0.15) is 5.60 Å². The summed E-state index contributed by atoms with van der Waals surface area (Å²) in [5, 5.41) is 3.08. The monoisotopic (exact) mass is 204 g/mol. The third-order valence-corrected chi connectivity index (χ3v) is 1.59. The van der Waals surface area contributed by atoms with Gasteiger partial charge in [0.2, 0.25) is 0 Å². The van der Waals surface area contributed by atoms with Crippen molar-refractivity contribution < 1.29 is 9.53 Å². The number of likely N-dealkylation sites (N-methyl/N-ethyl adjacent to an activating group) is 1. The molecule has 0 aliphatic heterocycles. The van der Waals surface area contributed by atoms with Gasteiger partial charge in [0, 0.05) is 12.6 Å². The van der Waals surface area contributed by atoms with Gasteiger partial charge in [-0.25, -0.2) is 0 Å². The summed E-state index contributed by atoms with van der Waals surface area (Å²) >= 11 is 0. The molecular formula is C10H24N2O2. The Morgan fingerprint density at radius 3 is 2.00 bits per heavy atom. The van der Waals surface area contributed by atoms with Crippen molar-refractivity contribution in [3.05, 3.63) is 0 Å². The largest absolute Gasteiger partial charge is 0.462 e. The zero-order valence-electron chi connectivity index (χ0n) is 9.96. The van der Waals surface area contributed by atoms with Crippen LogP contribution in [0.5, 0.6) is 0 Å². The number of nitrogens with one attached hydrogen (secondary N) is 1. The summed E-state index contributed by atoms with van der Waals surface area (Å²) in [5.41, 5.74) is 5.01. The lowest BCUT2D eigenvalue weighted by Gasteiger charge is -2.14. The lowest BCUT2D eigenvalue weighted by Crippen LogP contribution is -2.32. The Morgan fingerprint density at radius 2 is 2.00 bits per heavy atom. The summed E-state index contributed by atoms with van der Waals surface area (Å²) in [6.45, 7) is 8.78. The second kappa shape index (κ2) is 8.97. The van der Waals surface area contributed by atoms with E-state index in [4.69, 9.17) is 5.73 Å². The van der Waals surface area contributed by atoms with Crippen LogP contribution in [-0.4, -0.2) is 31.7 Å². The van der Waals surface area contributed by atoms with Crippen molar-refractivity contribution in [3.63, 3.8) is 0 Å². The molecule has 0 rings (SSSR count). The molecule has 0 amide bonds. The Hall–Kier alpha value is -0.610. The Morgan fingerprint density at radius 1 is 1.50 bits per heavy atom. The van der Waals surface area contributed by atoms with Gasteiger partial charge in [-0.3, -0.25) is 4.79 Å². The molecule has 1 unspecified atom stereocenters. The number of ether oxygens (including phenoxy) is 1. The van der Waals surface area contributed by atoms with Crippen molar-refractivity contribution in [2.24, 2.45) is 5.73 Å². The molecule has 86 valence electrons. The summed E-state index contributed by atoms with van der Waals surface area (Å²) in [6.07, 6.45) is 1.12. The Balaban J connectivity index is 0. The van der Waals surface area contributed by atoms with E-state index in [-0.39, 0.29) is 5.60 Å². The zero-order valence-corrected chi connectivity index (χ0v) is 9.96. The molecule has 0 fully saturated rings. The summed E-state index contributed by atoms with van der Waals surface area (Å²) in [7, 11) is 1.93. The highest BCUT2D eigenvalue weighted by molar-refractivity contribution is 5.37. The molecule has 3 N–H and O–H groups in total. The predicted molar refractivity (Wildman–Crippen MR) is 59.1 cm³/mol. The van der Waals surface area contributed by atoms with E-state index in [0.717, 1.165) is 13.0 Å². The van der Waals surface area contributed by atoms with E-state index in [1.807, 2.05) is 27.8 Å². The average Bonchev–Trinajstić information content (AvgIpc) is 2.06. The Labute approximate surface area is 87.2 Å². The Bertz CT molecular complexity index is 123. The minimum Gasteiger partial charge on any atom is -0.462 e. The van der Waals surface area contributed by atoms with E-state index < -0.39 is 0 Å². The maximum Gasteiger partial charge on any atom is 0.293 e. The average molecular weight is 204 g/mol. The maximum atomic E-state index is 9.60. The predicted octanol–water partition coefficient (Wildman–Crippen LogP) is 0.901. The molecule has 4 heteroatoms. The van der Waals surface area contributed by atoms with E-state index in [1.54, 1.807) is 0 Å². The van der Waals surface area contributed by atoms with Crippen molar-refractivity contribution in [2.75, 3.05) is 13.6 Å². The van der Waals surface area contributed by atoms with Gasteiger partial charge in [0.25, 0.3) is 6.47 Å². The fraction of sp³-hybridized carbons (Fsp3) is 0.900. The van der Waals surface area contributed by atoms with Crippen LogP contribution in [0.2, 0.25) is 0 Å². The van der Waals surface area contributed by atoms with Gasteiger partial charge in [0.05, 0.1) is 0 Å². The number of nitrogens with two attached hydrogens (primary N) is 1. The van der Waals surface area contributed by atoms with Crippen LogP contribution >= 0.6 is 0 Å². The first kappa shape index (κ1) is 15.8. The van der Waals surface area contributed by atoms with E-state index in [0.29, 0.717) is 12.5 Å². The molecule has 0 aromatic rings. The van der Waals surface area contributed by atoms with Crippen molar-refractivity contribution in [1.29, 1.82) is 0 Å². The number of hydrogen-bond acceptors (Lipinski definition) is 4. The van der Waals surface area contributed by atoms with Crippen LogP contribution in [0.15, 0.2) is 0 Å². The standard InChI is InChI=1S/C5H14N2.C5H10O2/c1-3-5(4-6)7-2;1-5(2,3)7-4-6/h5,7H,3-4,6H2,1-2H3;4H,1-3H3. The van der Waals surface area contributed by atoms with Crippen LogP contribution in [-0.2, 0) is 9.53 Å². The second-order valence-corrected chi connectivity index (χ2v) is 3.96. The number of rotatable bonds is 4. The highest BCUT2D eigenvalue weighted by Gasteiger charge is 2.07. The van der Waals surface area contributed by atoms with Crippen molar-refractivity contribution in [3.8, 4) is 0 Å². The highest BCUT2D eigenvalue weighted by Crippen LogP contribution is 2.02. The number of carbonyl (C=O) groups excluding carboxylic acids is 1. The number of hydrogen-bond donors (Lipinski definition) is 2. The van der Waals surface area contributed by atoms with Crippen LogP contribution in [0.25, 0.3) is 0 Å². The molecule has 0 aliphatic rings. The molecule has 0 radical (unpaired) electrons. The minimum absolute atomic E-state index is 0.318. The lowest BCUT2D eigenvalue weighted by atomic mass is 10.2. The number of carbonyl (C=O) groups is 1. The Kier molecular flexibility index (Phi) is 10.1. The van der Waals surface area contributed by atoms with E-state index >= 15 is 0 Å². The maximum absolute atomic E-state index is 9.60. The summed E-state index contributed by atoms with van der Waals surface area (Å²) < 4.78 is 4.55. The lowest BCUT2D eigenvalue weighted by molar-refractivity contribution is -0.138. The summed E-state index contributed by atoms with van der Waals surface area (Å²) in [4.78, 5) is 9.60. The third kappa shape index (κ3) is 13.9. The smallest absolute Gasteiger partial charge is 0.293 e. The molecule has 0 aromatic carbocycles. The van der Waals surface area contributed by atoms with Gasteiger partial charge in [-0.05, 0) is 34.2 Å². The first-order valence-electron chi connectivity index (χ1n) is 4.90. The summed E-state index contributed by atoms with van der Waals surface area (Å²) in [6, 6.07) is 0.514. The highest BCUT2D eigenvalue weighted by atomic mass is 16.5. The zero-order chi connectivity index (χ0) is 11.6. The van der Waals surface area contributed by atoms with E-state index in [2.05, 4.69) is 17.0 Å². The molecule has 1 atom stereocenters. The first-order valence-corrected chi connectivity index (χ1v) is 4.90. The fourth-order valence-electron chi connectivity index (χ4n) is 0.633. The molecular weight excluding hydrogens is 180 g/mol. The second-order valence-electron chi connectivity index (χ2n) is 3.96. The molecule has 0 spiro atoms. The third-order valence-electron chi connectivity index (χ3n) is 1.59. The van der Waals surface area contributed by atoms with Gasteiger partial charge in [-0.1, -0.05) is 6.92 Å². The molecule has 0 aromatic heterocycles. The van der Waals surface area contributed by atoms with E-state index in [9.17, 15) is 4.79 Å². The minimum atomic E-state index is -0.318.